The van der Waals surface area contributed by atoms with E-state index in [0.29, 0.717) is 18.6 Å². The van der Waals surface area contributed by atoms with Gasteiger partial charge in [0, 0.05) is 44.3 Å². The van der Waals surface area contributed by atoms with Crippen LogP contribution in [-0.2, 0) is 4.74 Å². The summed E-state index contributed by atoms with van der Waals surface area (Å²) in [4.78, 5) is 2.53. The summed E-state index contributed by atoms with van der Waals surface area (Å²) in [5.74, 6) is 0.486. The van der Waals surface area contributed by atoms with Gasteiger partial charge < -0.3 is 20.1 Å². The van der Waals surface area contributed by atoms with Crippen molar-refractivity contribution in [1.82, 2.24) is 10.2 Å². The molecule has 112 valence electrons. The van der Waals surface area contributed by atoms with E-state index in [1.165, 1.54) is 12.8 Å². The van der Waals surface area contributed by atoms with Crippen LogP contribution in [0.3, 0.4) is 0 Å². The molecule has 0 aromatic heterocycles. The van der Waals surface area contributed by atoms with Gasteiger partial charge >= 0.3 is 0 Å². The van der Waals surface area contributed by atoms with Gasteiger partial charge in [0.15, 0.2) is 0 Å². The van der Waals surface area contributed by atoms with Gasteiger partial charge in [-0.2, -0.15) is 0 Å². The number of hydrogen-bond acceptors (Lipinski definition) is 4. The maximum absolute atomic E-state index is 9.27. The van der Waals surface area contributed by atoms with E-state index >= 15 is 0 Å². The number of hydrogen-bond donors (Lipinski definition) is 2. The Labute approximate surface area is 117 Å². The molecule has 0 saturated carbocycles. The number of ether oxygens (including phenoxy) is 1. The fourth-order valence-electron chi connectivity index (χ4n) is 3.33. The Bertz CT molecular complexity index is 265. The van der Waals surface area contributed by atoms with E-state index in [4.69, 9.17) is 4.74 Å². The van der Waals surface area contributed by atoms with Gasteiger partial charge in [-0.15, -0.1) is 0 Å². The lowest BCUT2D eigenvalue weighted by Gasteiger charge is -2.40. The van der Waals surface area contributed by atoms with Crippen LogP contribution in [0.2, 0.25) is 0 Å². The molecule has 2 aliphatic heterocycles. The molecule has 2 aliphatic rings. The van der Waals surface area contributed by atoms with Gasteiger partial charge in [0.1, 0.15) is 0 Å². The Balaban J connectivity index is 1.89. The lowest BCUT2D eigenvalue weighted by molar-refractivity contribution is -0.0245. The summed E-state index contributed by atoms with van der Waals surface area (Å²) < 4.78 is 5.77. The second kappa shape index (κ2) is 7.02. The van der Waals surface area contributed by atoms with E-state index in [-0.39, 0.29) is 5.41 Å². The first-order chi connectivity index (χ1) is 9.13. The zero-order valence-corrected chi connectivity index (χ0v) is 12.5. The standard InChI is InChI=1S/C15H30N2O2/c1-13(2)16-10-15(5-3-7-19-12-15)11-17-6-4-14(8-17)9-18/h13-14,16,18H,3-12H2,1-2H3. The normalized spacial score (nSPS) is 33.2. The van der Waals surface area contributed by atoms with Crippen molar-refractivity contribution in [3.63, 3.8) is 0 Å². The van der Waals surface area contributed by atoms with Crippen LogP contribution in [-0.4, -0.2) is 62.0 Å². The second-order valence-corrected chi connectivity index (χ2v) is 6.76. The van der Waals surface area contributed by atoms with E-state index in [0.717, 1.165) is 45.8 Å². The van der Waals surface area contributed by atoms with Crippen molar-refractivity contribution in [2.45, 2.75) is 39.2 Å². The molecular weight excluding hydrogens is 240 g/mol. The molecule has 2 saturated heterocycles. The average molecular weight is 270 g/mol. The van der Waals surface area contributed by atoms with Gasteiger partial charge in [0.2, 0.25) is 0 Å². The quantitative estimate of drug-likeness (QED) is 0.758. The molecule has 4 nitrogen and oxygen atoms in total. The highest BCUT2D eigenvalue weighted by Gasteiger charge is 2.36. The fraction of sp³-hybridized carbons (Fsp3) is 1.00. The molecule has 2 heterocycles. The Morgan fingerprint density at radius 1 is 1.47 bits per heavy atom. The van der Waals surface area contributed by atoms with Crippen LogP contribution in [0.4, 0.5) is 0 Å². The summed E-state index contributed by atoms with van der Waals surface area (Å²) in [7, 11) is 0. The highest BCUT2D eigenvalue weighted by Crippen LogP contribution is 2.31. The third-order valence-electron chi connectivity index (χ3n) is 4.48. The molecule has 4 heteroatoms. The van der Waals surface area contributed by atoms with Crippen molar-refractivity contribution in [2.75, 3.05) is 46.0 Å². The van der Waals surface area contributed by atoms with Gasteiger partial charge in [-0.1, -0.05) is 13.8 Å². The summed E-state index contributed by atoms with van der Waals surface area (Å²) >= 11 is 0. The number of aliphatic hydroxyl groups is 1. The van der Waals surface area contributed by atoms with Crippen LogP contribution < -0.4 is 5.32 Å². The highest BCUT2D eigenvalue weighted by atomic mass is 16.5. The summed E-state index contributed by atoms with van der Waals surface area (Å²) in [5, 5.41) is 12.9. The molecule has 0 radical (unpaired) electrons. The number of rotatable bonds is 6. The van der Waals surface area contributed by atoms with Gasteiger partial charge in [-0.25, -0.2) is 0 Å². The molecule has 2 fully saturated rings. The number of nitrogens with zero attached hydrogens (tertiary/aromatic N) is 1. The lowest BCUT2D eigenvalue weighted by Crippen LogP contribution is -2.49. The number of nitrogens with one attached hydrogen (secondary N) is 1. The SMILES string of the molecule is CC(C)NCC1(CN2CCC(CO)C2)CCCOC1. The minimum atomic E-state index is 0.271. The molecule has 0 aliphatic carbocycles. The molecule has 2 N–H and O–H groups in total. The third-order valence-corrected chi connectivity index (χ3v) is 4.48. The first-order valence-corrected chi connectivity index (χ1v) is 7.78. The summed E-state index contributed by atoms with van der Waals surface area (Å²) in [5.41, 5.74) is 0.271. The molecule has 0 aromatic rings. The monoisotopic (exact) mass is 270 g/mol. The largest absolute Gasteiger partial charge is 0.396 e. The van der Waals surface area contributed by atoms with Crippen molar-refractivity contribution in [3.8, 4) is 0 Å². The third kappa shape index (κ3) is 4.42. The second-order valence-electron chi connectivity index (χ2n) is 6.76. The van der Waals surface area contributed by atoms with Gasteiger partial charge in [-0.3, -0.25) is 0 Å². The van der Waals surface area contributed by atoms with Crippen molar-refractivity contribution < 1.29 is 9.84 Å². The van der Waals surface area contributed by atoms with Crippen LogP contribution in [0.5, 0.6) is 0 Å². The Kier molecular flexibility index (Phi) is 5.63. The van der Waals surface area contributed by atoms with E-state index in [1.807, 2.05) is 0 Å². The first kappa shape index (κ1) is 15.2. The maximum atomic E-state index is 9.27. The molecule has 19 heavy (non-hydrogen) atoms. The first-order valence-electron chi connectivity index (χ1n) is 7.78. The van der Waals surface area contributed by atoms with E-state index in [2.05, 4.69) is 24.1 Å². The summed E-state index contributed by atoms with van der Waals surface area (Å²) in [6.45, 7) is 10.9. The molecule has 0 spiro atoms. The fourth-order valence-corrected chi connectivity index (χ4v) is 3.33. The van der Waals surface area contributed by atoms with Crippen molar-refractivity contribution in [3.05, 3.63) is 0 Å². The predicted octanol–water partition coefficient (Wildman–Crippen LogP) is 1.10. The molecule has 0 aromatic carbocycles. The minimum absolute atomic E-state index is 0.271. The molecule has 2 atom stereocenters. The molecule has 2 rings (SSSR count). The Hall–Kier alpha value is -0.160. The predicted molar refractivity (Wildman–Crippen MR) is 77.3 cm³/mol. The van der Waals surface area contributed by atoms with Crippen LogP contribution in [0.25, 0.3) is 0 Å². The van der Waals surface area contributed by atoms with Crippen LogP contribution in [0.1, 0.15) is 33.1 Å². The van der Waals surface area contributed by atoms with Crippen molar-refractivity contribution in [2.24, 2.45) is 11.3 Å². The van der Waals surface area contributed by atoms with E-state index < -0.39 is 0 Å². The average Bonchev–Trinajstić information content (AvgIpc) is 2.85. The van der Waals surface area contributed by atoms with E-state index in [9.17, 15) is 5.11 Å². The Morgan fingerprint density at radius 3 is 2.89 bits per heavy atom. The molecule has 0 amide bonds. The number of aliphatic hydroxyl groups excluding tert-OH is 1. The lowest BCUT2D eigenvalue weighted by atomic mass is 9.81. The maximum Gasteiger partial charge on any atom is 0.0546 e. The smallest absolute Gasteiger partial charge is 0.0546 e. The molecular formula is C15H30N2O2. The summed E-state index contributed by atoms with van der Waals surface area (Å²) in [6, 6.07) is 0.530. The zero-order valence-electron chi connectivity index (χ0n) is 12.5. The van der Waals surface area contributed by atoms with Crippen molar-refractivity contribution in [1.29, 1.82) is 0 Å². The molecule has 0 bridgehead atoms. The topological polar surface area (TPSA) is 44.7 Å². The van der Waals surface area contributed by atoms with Gasteiger partial charge in [0.05, 0.1) is 6.61 Å². The minimum Gasteiger partial charge on any atom is -0.396 e. The van der Waals surface area contributed by atoms with Gasteiger partial charge in [0.25, 0.3) is 0 Å². The number of likely N-dealkylation sites (tertiary alicyclic amines) is 1. The Morgan fingerprint density at radius 2 is 2.32 bits per heavy atom. The molecule has 2 unspecified atom stereocenters. The van der Waals surface area contributed by atoms with Crippen LogP contribution in [0.15, 0.2) is 0 Å². The van der Waals surface area contributed by atoms with Crippen LogP contribution in [0, 0.1) is 11.3 Å². The summed E-state index contributed by atoms with van der Waals surface area (Å²) in [6.07, 6.45) is 3.58. The van der Waals surface area contributed by atoms with E-state index in [1.54, 1.807) is 0 Å². The highest BCUT2D eigenvalue weighted by molar-refractivity contribution is 4.90. The van der Waals surface area contributed by atoms with Crippen molar-refractivity contribution >= 4 is 0 Å². The van der Waals surface area contributed by atoms with Gasteiger partial charge in [-0.05, 0) is 31.7 Å². The zero-order chi connectivity index (χ0) is 13.7. The van der Waals surface area contributed by atoms with Crippen LogP contribution >= 0.6 is 0 Å².